The van der Waals surface area contributed by atoms with Crippen LogP contribution in [0.3, 0.4) is 0 Å². The number of thioether (sulfide) groups is 1. The van der Waals surface area contributed by atoms with E-state index in [2.05, 4.69) is 5.32 Å². The second-order valence-electron chi connectivity index (χ2n) is 3.68. The lowest BCUT2D eigenvalue weighted by Crippen LogP contribution is -2.16. The van der Waals surface area contributed by atoms with Gasteiger partial charge < -0.3 is 15.5 Å². The van der Waals surface area contributed by atoms with Crippen LogP contribution in [-0.4, -0.2) is 34.9 Å². The van der Waals surface area contributed by atoms with Gasteiger partial charge in [0, 0.05) is 31.5 Å². The van der Waals surface area contributed by atoms with Crippen molar-refractivity contribution in [2.45, 2.75) is 13.0 Å². The number of phenols is 1. The van der Waals surface area contributed by atoms with Crippen LogP contribution in [0.15, 0.2) is 18.2 Å². The zero-order chi connectivity index (χ0) is 12.5. The van der Waals surface area contributed by atoms with Crippen molar-refractivity contribution < 1.29 is 14.6 Å². The molecule has 0 aliphatic heterocycles. The fourth-order valence-electron chi connectivity index (χ4n) is 1.38. The molecule has 3 nitrogen and oxygen atoms in total. The number of benzene rings is 1. The summed E-state index contributed by atoms with van der Waals surface area (Å²) in [6, 6.07) is 4.05. The second-order valence-corrected chi connectivity index (χ2v) is 4.91. The van der Waals surface area contributed by atoms with Crippen molar-refractivity contribution in [3.8, 4) is 5.75 Å². The average Bonchev–Trinajstić information content (AvgIpc) is 2.26. The Morgan fingerprint density at radius 1 is 1.24 bits per heavy atom. The van der Waals surface area contributed by atoms with Crippen LogP contribution in [0.4, 0.5) is 4.39 Å². The number of halogens is 1. The molecular weight excluding hydrogens is 241 g/mol. The van der Waals surface area contributed by atoms with E-state index in [1.54, 1.807) is 17.8 Å². The maximum absolute atomic E-state index is 12.9. The molecule has 0 heterocycles. The molecule has 0 amide bonds. The van der Waals surface area contributed by atoms with Crippen LogP contribution >= 0.6 is 11.8 Å². The SMILES string of the molecule is OCCCSCCNCc1cc(O)cc(F)c1. The number of rotatable bonds is 8. The molecule has 0 radical (unpaired) electrons. The van der Waals surface area contributed by atoms with Crippen LogP contribution in [0.5, 0.6) is 5.75 Å². The Labute approximate surface area is 105 Å². The summed E-state index contributed by atoms with van der Waals surface area (Å²) < 4.78 is 12.9. The first kappa shape index (κ1) is 14.3. The normalized spacial score (nSPS) is 10.7. The van der Waals surface area contributed by atoms with E-state index >= 15 is 0 Å². The number of hydrogen-bond donors (Lipinski definition) is 3. The predicted molar refractivity (Wildman–Crippen MR) is 68.8 cm³/mol. The van der Waals surface area contributed by atoms with Gasteiger partial charge in [-0.1, -0.05) is 0 Å². The smallest absolute Gasteiger partial charge is 0.127 e. The molecule has 0 unspecified atom stereocenters. The Hall–Kier alpha value is -0.780. The van der Waals surface area contributed by atoms with Crippen LogP contribution in [0.1, 0.15) is 12.0 Å². The predicted octanol–water partition coefficient (Wildman–Crippen LogP) is 1.74. The van der Waals surface area contributed by atoms with Crippen LogP contribution in [0.25, 0.3) is 0 Å². The number of nitrogens with one attached hydrogen (secondary N) is 1. The highest BCUT2D eigenvalue weighted by Gasteiger charge is 1.99. The zero-order valence-corrected chi connectivity index (χ0v) is 10.5. The van der Waals surface area contributed by atoms with Crippen molar-refractivity contribution in [3.05, 3.63) is 29.6 Å². The van der Waals surface area contributed by atoms with Crippen molar-refractivity contribution in [3.63, 3.8) is 0 Å². The molecular formula is C12H18FNO2S. The minimum Gasteiger partial charge on any atom is -0.508 e. The number of hydrogen-bond acceptors (Lipinski definition) is 4. The minimum absolute atomic E-state index is 0.0425. The van der Waals surface area contributed by atoms with E-state index in [1.165, 1.54) is 6.07 Å². The monoisotopic (exact) mass is 259 g/mol. The van der Waals surface area contributed by atoms with Gasteiger partial charge in [-0.2, -0.15) is 11.8 Å². The number of aliphatic hydroxyl groups excluding tert-OH is 1. The van der Waals surface area contributed by atoms with E-state index in [-0.39, 0.29) is 12.4 Å². The Kier molecular flexibility index (Phi) is 7.00. The zero-order valence-electron chi connectivity index (χ0n) is 9.66. The summed E-state index contributed by atoms with van der Waals surface area (Å²) in [5.74, 6) is 1.46. The summed E-state index contributed by atoms with van der Waals surface area (Å²) in [7, 11) is 0. The van der Waals surface area contributed by atoms with Crippen molar-refractivity contribution in [2.24, 2.45) is 0 Å². The van der Waals surface area contributed by atoms with Crippen LogP contribution in [0.2, 0.25) is 0 Å². The number of phenolic OH excluding ortho intramolecular Hbond substituents is 1. The molecule has 0 saturated carbocycles. The Bertz CT molecular complexity index is 316. The van der Waals surface area contributed by atoms with E-state index < -0.39 is 5.82 Å². The molecule has 0 aliphatic rings. The highest BCUT2D eigenvalue weighted by atomic mass is 32.2. The molecule has 3 N–H and O–H groups in total. The lowest BCUT2D eigenvalue weighted by Gasteiger charge is -2.05. The lowest BCUT2D eigenvalue weighted by atomic mass is 10.2. The molecule has 0 atom stereocenters. The van der Waals surface area contributed by atoms with Gasteiger partial charge in [-0.15, -0.1) is 0 Å². The van der Waals surface area contributed by atoms with E-state index in [0.717, 1.165) is 36.1 Å². The molecule has 0 aromatic heterocycles. The van der Waals surface area contributed by atoms with Gasteiger partial charge in [0.2, 0.25) is 0 Å². The first-order valence-electron chi connectivity index (χ1n) is 5.60. The second kappa shape index (κ2) is 8.33. The standard InChI is InChI=1S/C12H18FNO2S/c13-11-6-10(7-12(16)8-11)9-14-2-5-17-4-1-3-15/h6-8,14-16H,1-5,9H2. The molecule has 96 valence electrons. The van der Waals surface area contributed by atoms with Gasteiger partial charge >= 0.3 is 0 Å². The highest BCUT2D eigenvalue weighted by molar-refractivity contribution is 7.99. The molecule has 0 spiro atoms. The lowest BCUT2D eigenvalue weighted by molar-refractivity contribution is 0.296. The first-order valence-corrected chi connectivity index (χ1v) is 6.75. The third kappa shape index (κ3) is 6.51. The summed E-state index contributed by atoms with van der Waals surface area (Å²) in [5.41, 5.74) is 0.739. The quantitative estimate of drug-likeness (QED) is 0.622. The Morgan fingerprint density at radius 2 is 2.06 bits per heavy atom. The van der Waals surface area contributed by atoms with E-state index in [4.69, 9.17) is 5.11 Å². The van der Waals surface area contributed by atoms with Gasteiger partial charge in [0.25, 0.3) is 0 Å². The van der Waals surface area contributed by atoms with Gasteiger partial charge in [0.05, 0.1) is 0 Å². The van der Waals surface area contributed by atoms with Gasteiger partial charge in [-0.3, -0.25) is 0 Å². The summed E-state index contributed by atoms with van der Waals surface area (Å²) in [6.07, 6.45) is 0.822. The fourth-order valence-corrected chi connectivity index (χ4v) is 2.21. The molecule has 0 aliphatic carbocycles. The fraction of sp³-hybridized carbons (Fsp3) is 0.500. The largest absolute Gasteiger partial charge is 0.508 e. The Morgan fingerprint density at radius 3 is 2.76 bits per heavy atom. The van der Waals surface area contributed by atoms with Crippen LogP contribution in [0, 0.1) is 5.82 Å². The molecule has 1 aromatic carbocycles. The van der Waals surface area contributed by atoms with E-state index in [0.29, 0.717) is 6.54 Å². The summed E-state index contributed by atoms with van der Waals surface area (Å²) in [5, 5.41) is 21.0. The molecule has 1 aromatic rings. The van der Waals surface area contributed by atoms with Crippen molar-refractivity contribution >= 4 is 11.8 Å². The Balaban J connectivity index is 2.13. The summed E-state index contributed by atoms with van der Waals surface area (Å²) in [4.78, 5) is 0. The molecule has 0 bridgehead atoms. The van der Waals surface area contributed by atoms with Gasteiger partial charge in [-0.25, -0.2) is 4.39 Å². The first-order chi connectivity index (χ1) is 8.22. The summed E-state index contributed by atoms with van der Waals surface area (Å²) >= 11 is 1.77. The number of aliphatic hydroxyl groups is 1. The summed E-state index contributed by atoms with van der Waals surface area (Å²) in [6.45, 7) is 1.61. The van der Waals surface area contributed by atoms with E-state index in [9.17, 15) is 9.50 Å². The van der Waals surface area contributed by atoms with Crippen molar-refractivity contribution in [1.82, 2.24) is 5.32 Å². The van der Waals surface area contributed by atoms with Crippen molar-refractivity contribution in [1.29, 1.82) is 0 Å². The molecule has 17 heavy (non-hydrogen) atoms. The minimum atomic E-state index is -0.417. The molecule has 0 fully saturated rings. The molecule has 1 rings (SSSR count). The number of aromatic hydroxyl groups is 1. The maximum Gasteiger partial charge on any atom is 0.127 e. The van der Waals surface area contributed by atoms with Gasteiger partial charge in [0.15, 0.2) is 0 Å². The maximum atomic E-state index is 12.9. The molecule has 5 heteroatoms. The average molecular weight is 259 g/mol. The van der Waals surface area contributed by atoms with Gasteiger partial charge in [0.1, 0.15) is 11.6 Å². The van der Waals surface area contributed by atoms with Gasteiger partial charge in [-0.05, 0) is 29.9 Å². The van der Waals surface area contributed by atoms with Crippen molar-refractivity contribution in [2.75, 3.05) is 24.7 Å². The molecule has 0 saturated heterocycles. The highest BCUT2D eigenvalue weighted by Crippen LogP contribution is 2.14. The topological polar surface area (TPSA) is 52.5 Å². The van der Waals surface area contributed by atoms with Crippen LogP contribution < -0.4 is 5.32 Å². The van der Waals surface area contributed by atoms with Crippen LogP contribution in [-0.2, 0) is 6.54 Å². The third-order valence-corrected chi connectivity index (χ3v) is 3.21. The third-order valence-electron chi connectivity index (χ3n) is 2.14. The van der Waals surface area contributed by atoms with E-state index in [1.807, 2.05) is 0 Å².